The molecule has 0 saturated carbocycles. The summed E-state index contributed by atoms with van der Waals surface area (Å²) in [6.45, 7) is 0. The second-order valence-corrected chi connectivity index (χ2v) is 2.55. The first-order valence-electron chi connectivity index (χ1n) is 3.44. The SMILES string of the molecule is Nc1cccc2c1C(=O)NC2=O.[Cl-]. The summed E-state index contributed by atoms with van der Waals surface area (Å²) in [6, 6.07) is 4.81. The Balaban J connectivity index is 0.000000845. The van der Waals surface area contributed by atoms with E-state index in [1.54, 1.807) is 18.2 Å². The quantitative estimate of drug-likeness (QED) is 0.348. The predicted octanol–water partition coefficient (Wildman–Crippen LogP) is -2.84. The number of amides is 2. The van der Waals surface area contributed by atoms with Gasteiger partial charge in [0.05, 0.1) is 11.1 Å². The Labute approximate surface area is 80.5 Å². The largest absolute Gasteiger partial charge is 1.00 e. The fourth-order valence-corrected chi connectivity index (χ4v) is 1.25. The molecule has 2 rings (SSSR count). The van der Waals surface area contributed by atoms with Gasteiger partial charge >= 0.3 is 0 Å². The molecule has 1 aromatic rings. The van der Waals surface area contributed by atoms with Crippen molar-refractivity contribution in [3.05, 3.63) is 29.3 Å². The summed E-state index contributed by atoms with van der Waals surface area (Å²) in [5.74, 6) is -0.782. The maximum Gasteiger partial charge on any atom is 0.261 e. The second-order valence-electron chi connectivity index (χ2n) is 2.55. The minimum atomic E-state index is -0.409. The number of nitrogens with one attached hydrogen (secondary N) is 1. The van der Waals surface area contributed by atoms with Gasteiger partial charge in [-0.15, -0.1) is 0 Å². The molecule has 4 nitrogen and oxygen atoms in total. The number of carbonyl (C=O) groups excluding carboxylic acids is 2. The van der Waals surface area contributed by atoms with Crippen molar-refractivity contribution in [2.45, 2.75) is 0 Å². The van der Waals surface area contributed by atoms with Gasteiger partial charge in [-0.25, -0.2) is 0 Å². The zero-order valence-corrected chi connectivity index (χ0v) is 7.26. The Morgan fingerprint density at radius 1 is 1.15 bits per heavy atom. The third-order valence-electron chi connectivity index (χ3n) is 1.80. The van der Waals surface area contributed by atoms with Gasteiger partial charge in [0.1, 0.15) is 0 Å². The minimum Gasteiger partial charge on any atom is -1.00 e. The summed E-state index contributed by atoms with van der Waals surface area (Å²) in [4.78, 5) is 22.1. The molecule has 0 unspecified atom stereocenters. The first kappa shape index (κ1) is 9.54. The van der Waals surface area contributed by atoms with Crippen LogP contribution in [0.25, 0.3) is 0 Å². The zero-order chi connectivity index (χ0) is 8.72. The van der Waals surface area contributed by atoms with E-state index >= 15 is 0 Å². The third kappa shape index (κ3) is 1.25. The fraction of sp³-hybridized carbons (Fsp3) is 0. The van der Waals surface area contributed by atoms with Crippen molar-refractivity contribution < 1.29 is 22.0 Å². The van der Waals surface area contributed by atoms with Crippen LogP contribution < -0.4 is 23.5 Å². The van der Waals surface area contributed by atoms with E-state index in [0.29, 0.717) is 16.8 Å². The number of imide groups is 1. The van der Waals surface area contributed by atoms with Crippen LogP contribution in [0.1, 0.15) is 20.7 Å². The average Bonchev–Trinajstić information content (AvgIpc) is 2.29. The standard InChI is InChI=1S/C8H6N2O2.ClH/c9-5-3-1-2-4-6(5)8(12)10-7(4)11;/h1-3H,9H2,(H,10,11,12);1H/p-1. The molecule has 0 aromatic heterocycles. The lowest BCUT2D eigenvalue weighted by Gasteiger charge is -1.96. The zero-order valence-electron chi connectivity index (χ0n) is 6.50. The molecule has 1 aromatic carbocycles. The van der Waals surface area contributed by atoms with Gasteiger partial charge < -0.3 is 18.1 Å². The maximum absolute atomic E-state index is 11.1. The molecule has 5 heteroatoms. The number of hydrogen-bond acceptors (Lipinski definition) is 3. The van der Waals surface area contributed by atoms with Crippen molar-refractivity contribution in [3.63, 3.8) is 0 Å². The Kier molecular flexibility index (Phi) is 2.25. The van der Waals surface area contributed by atoms with Crippen molar-refractivity contribution in [2.75, 3.05) is 5.73 Å². The highest BCUT2D eigenvalue weighted by atomic mass is 35.5. The van der Waals surface area contributed by atoms with Crippen LogP contribution in [0.2, 0.25) is 0 Å². The fourth-order valence-electron chi connectivity index (χ4n) is 1.25. The van der Waals surface area contributed by atoms with Gasteiger partial charge in [0.15, 0.2) is 0 Å². The van der Waals surface area contributed by atoms with E-state index in [-0.39, 0.29) is 18.3 Å². The lowest BCUT2D eigenvalue weighted by atomic mass is 10.1. The van der Waals surface area contributed by atoms with Gasteiger partial charge in [0.2, 0.25) is 0 Å². The summed E-state index contributed by atoms with van der Waals surface area (Å²) in [5.41, 5.74) is 6.51. The van der Waals surface area contributed by atoms with Gasteiger partial charge in [0.25, 0.3) is 11.8 Å². The lowest BCUT2D eigenvalue weighted by molar-refractivity contribution is -0.0000209. The van der Waals surface area contributed by atoms with Gasteiger partial charge in [-0.1, -0.05) is 6.07 Å². The van der Waals surface area contributed by atoms with Crippen molar-refractivity contribution in [3.8, 4) is 0 Å². The number of benzene rings is 1. The highest BCUT2D eigenvalue weighted by molar-refractivity contribution is 6.23. The van der Waals surface area contributed by atoms with Crippen LogP contribution in [0.15, 0.2) is 18.2 Å². The number of carbonyl (C=O) groups is 2. The Morgan fingerprint density at radius 2 is 1.85 bits per heavy atom. The van der Waals surface area contributed by atoms with E-state index in [4.69, 9.17) is 5.73 Å². The maximum atomic E-state index is 11.1. The number of nitrogens with two attached hydrogens (primary N) is 1. The summed E-state index contributed by atoms with van der Waals surface area (Å²) in [5, 5.41) is 2.17. The van der Waals surface area contributed by atoms with Crippen LogP contribution in [0, 0.1) is 0 Å². The van der Waals surface area contributed by atoms with Crippen LogP contribution in [-0.2, 0) is 0 Å². The molecule has 0 saturated heterocycles. The van der Waals surface area contributed by atoms with Crippen LogP contribution >= 0.6 is 0 Å². The van der Waals surface area contributed by atoms with Crippen molar-refractivity contribution in [1.82, 2.24) is 5.32 Å². The lowest BCUT2D eigenvalue weighted by Crippen LogP contribution is -3.00. The molecule has 2 amide bonds. The topological polar surface area (TPSA) is 72.2 Å². The number of halogens is 1. The highest BCUT2D eigenvalue weighted by Crippen LogP contribution is 2.20. The highest BCUT2D eigenvalue weighted by Gasteiger charge is 2.27. The smallest absolute Gasteiger partial charge is 0.261 e. The number of fused-ring (bicyclic) bond motifs is 1. The first-order valence-corrected chi connectivity index (χ1v) is 3.44. The summed E-state index contributed by atoms with van der Waals surface area (Å²) in [6.07, 6.45) is 0. The molecular formula is C8H6ClN2O2-. The van der Waals surface area contributed by atoms with Crippen LogP contribution in [0.5, 0.6) is 0 Å². The first-order chi connectivity index (χ1) is 5.70. The number of hydrogen-bond donors (Lipinski definition) is 2. The van der Waals surface area contributed by atoms with Crippen molar-refractivity contribution >= 4 is 17.5 Å². The van der Waals surface area contributed by atoms with Gasteiger partial charge in [-0.3, -0.25) is 14.9 Å². The molecule has 3 N–H and O–H groups in total. The van der Waals surface area contributed by atoms with Gasteiger partial charge in [-0.2, -0.15) is 0 Å². The Hall–Kier alpha value is -1.55. The third-order valence-corrected chi connectivity index (χ3v) is 1.80. The second kappa shape index (κ2) is 3.06. The molecule has 0 radical (unpaired) electrons. The van der Waals surface area contributed by atoms with E-state index < -0.39 is 5.91 Å². The monoisotopic (exact) mass is 197 g/mol. The Morgan fingerprint density at radius 3 is 2.46 bits per heavy atom. The van der Waals surface area contributed by atoms with E-state index in [0.717, 1.165) is 0 Å². The molecule has 1 heterocycles. The molecule has 0 aliphatic carbocycles. The Bertz CT molecular complexity index is 390. The van der Waals surface area contributed by atoms with Crippen LogP contribution in [-0.4, -0.2) is 11.8 Å². The molecule has 0 spiro atoms. The van der Waals surface area contributed by atoms with E-state index in [9.17, 15) is 9.59 Å². The normalized spacial score (nSPS) is 13.2. The molecule has 0 atom stereocenters. The minimum absolute atomic E-state index is 0. The molecular weight excluding hydrogens is 192 g/mol. The van der Waals surface area contributed by atoms with E-state index in [1.165, 1.54) is 0 Å². The number of anilines is 1. The summed E-state index contributed by atoms with van der Waals surface area (Å²) in [7, 11) is 0. The van der Waals surface area contributed by atoms with E-state index in [1.807, 2.05) is 0 Å². The van der Waals surface area contributed by atoms with Crippen LogP contribution in [0.4, 0.5) is 5.69 Å². The number of nitrogen functional groups attached to an aromatic ring is 1. The predicted molar refractivity (Wildman–Crippen MR) is 42.7 cm³/mol. The molecule has 68 valence electrons. The van der Waals surface area contributed by atoms with E-state index in [2.05, 4.69) is 5.32 Å². The van der Waals surface area contributed by atoms with Gasteiger partial charge in [-0.05, 0) is 12.1 Å². The summed E-state index contributed by atoms with van der Waals surface area (Å²) >= 11 is 0. The molecule has 1 aliphatic rings. The number of rotatable bonds is 0. The summed E-state index contributed by atoms with van der Waals surface area (Å²) < 4.78 is 0. The van der Waals surface area contributed by atoms with Crippen LogP contribution in [0.3, 0.4) is 0 Å². The molecule has 0 fully saturated rings. The van der Waals surface area contributed by atoms with Crippen molar-refractivity contribution in [1.29, 1.82) is 0 Å². The van der Waals surface area contributed by atoms with Crippen molar-refractivity contribution in [2.24, 2.45) is 0 Å². The van der Waals surface area contributed by atoms with Gasteiger partial charge in [0, 0.05) is 5.69 Å². The molecule has 0 bridgehead atoms. The molecule has 13 heavy (non-hydrogen) atoms. The average molecular weight is 198 g/mol. The molecule has 1 aliphatic heterocycles.